The van der Waals surface area contributed by atoms with Crippen LogP contribution >= 0.6 is 0 Å². The predicted octanol–water partition coefficient (Wildman–Crippen LogP) is 3.35. The van der Waals surface area contributed by atoms with Gasteiger partial charge in [0.1, 0.15) is 0 Å². The maximum absolute atomic E-state index is 3.27. The lowest BCUT2D eigenvalue weighted by Gasteiger charge is -2.27. The Bertz CT molecular complexity index is 338. The van der Waals surface area contributed by atoms with E-state index in [0.29, 0.717) is 6.04 Å². The van der Waals surface area contributed by atoms with E-state index in [4.69, 9.17) is 0 Å². The molecule has 1 aromatic rings. The van der Waals surface area contributed by atoms with Gasteiger partial charge in [0.2, 0.25) is 0 Å². The van der Waals surface area contributed by atoms with Crippen molar-refractivity contribution in [1.82, 2.24) is 5.32 Å². The molecule has 0 saturated heterocycles. The van der Waals surface area contributed by atoms with E-state index >= 15 is 0 Å². The van der Waals surface area contributed by atoms with Crippen molar-refractivity contribution in [2.75, 3.05) is 19.0 Å². The molecule has 1 atom stereocenters. The Kier molecular flexibility index (Phi) is 4.06. The normalized spacial score (nSPS) is 18.3. The van der Waals surface area contributed by atoms with Gasteiger partial charge in [-0.25, -0.2) is 0 Å². The van der Waals surface area contributed by atoms with Crippen LogP contribution < -0.4 is 10.2 Å². The molecule has 1 N–H and O–H groups in total. The summed E-state index contributed by atoms with van der Waals surface area (Å²) in [5.41, 5.74) is 2.71. The molecule has 0 bridgehead atoms. The van der Waals surface area contributed by atoms with Crippen LogP contribution in [-0.4, -0.2) is 20.1 Å². The molecule has 0 spiro atoms. The van der Waals surface area contributed by atoms with E-state index in [1.54, 1.807) is 0 Å². The van der Waals surface area contributed by atoms with Crippen LogP contribution in [0.3, 0.4) is 0 Å². The van der Waals surface area contributed by atoms with E-state index < -0.39 is 0 Å². The lowest BCUT2D eigenvalue weighted by atomic mass is 10.1. The zero-order valence-electron chi connectivity index (χ0n) is 11.2. The molecule has 1 fully saturated rings. The number of anilines is 1. The van der Waals surface area contributed by atoms with Gasteiger partial charge in [0.15, 0.2) is 0 Å². The number of nitrogens with zero attached hydrogens (tertiary/aromatic N) is 1. The molecule has 1 unspecified atom stereocenters. The first kappa shape index (κ1) is 12.4. The number of hydrogen-bond donors (Lipinski definition) is 1. The Morgan fingerprint density at radius 2 is 1.76 bits per heavy atom. The highest BCUT2D eigenvalue weighted by molar-refractivity contribution is 5.48. The van der Waals surface area contributed by atoms with Crippen LogP contribution in [0.4, 0.5) is 5.69 Å². The molecule has 0 radical (unpaired) electrons. The molecule has 94 valence electrons. The number of rotatable bonds is 4. The second kappa shape index (κ2) is 5.54. The van der Waals surface area contributed by atoms with E-state index in [0.717, 1.165) is 6.04 Å². The molecule has 17 heavy (non-hydrogen) atoms. The number of hydrogen-bond acceptors (Lipinski definition) is 2. The summed E-state index contributed by atoms with van der Waals surface area (Å²) < 4.78 is 0. The maximum atomic E-state index is 3.27. The van der Waals surface area contributed by atoms with Crippen LogP contribution in [-0.2, 0) is 0 Å². The second-order valence-corrected chi connectivity index (χ2v) is 5.15. The Morgan fingerprint density at radius 3 is 2.29 bits per heavy atom. The van der Waals surface area contributed by atoms with Crippen molar-refractivity contribution in [3.63, 3.8) is 0 Å². The van der Waals surface area contributed by atoms with Gasteiger partial charge in [-0.05, 0) is 44.5 Å². The molecule has 1 aliphatic rings. The van der Waals surface area contributed by atoms with Crippen molar-refractivity contribution in [1.29, 1.82) is 0 Å². The van der Waals surface area contributed by atoms with Gasteiger partial charge in [-0.1, -0.05) is 25.0 Å². The first-order valence-corrected chi connectivity index (χ1v) is 6.72. The van der Waals surface area contributed by atoms with Gasteiger partial charge in [-0.2, -0.15) is 0 Å². The van der Waals surface area contributed by atoms with E-state index in [-0.39, 0.29) is 0 Å². The molecule has 0 amide bonds. The smallest absolute Gasteiger partial charge is 0.0366 e. The van der Waals surface area contributed by atoms with Crippen LogP contribution in [0.5, 0.6) is 0 Å². The molecular formula is C15H24N2. The van der Waals surface area contributed by atoms with Crippen LogP contribution in [0, 0.1) is 0 Å². The average molecular weight is 232 g/mol. The first-order chi connectivity index (χ1) is 8.22. The van der Waals surface area contributed by atoms with E-state index in [2.05, 4.69) is 48.5 Å². The highest BCUT2D eigenvalue weighted by Crippen LogP contribution is 2.27. The van der Waals surface area contributed by atoms with Crippen LogP contribution in [0.2, 0.25) is 0 Å². The monoisotopic (exact) mass is 232 g/mol. The summed E-state index contributed by atoms with van der Waals surface area (Å²) in [6.45, 7) is 2.19. The topological polar surface area (TPSA) is 15.3 Å². The number of benzene rings is 1. The summed E-state index contributed by atoms with van der Waals surface area (Å²) in [4.78, 5) is 2.45. The summed E-state index contributed by atoms with van der Waals surface area (Å²) in [5.74, 6) is 0. The van der Waals surface area contributed by atoms with Gasteiger partial charge < -0.3 is 10.2 Å². The van der Waals surface area contributed by atoms with Gasteiger partial charge in [-0.15, -0.1) is 0 Å². The minimum atomic E-state index is 0.431. The average Bonchev–Trinajstić information content (AvgIpc) is 2.91. The highest BCUT2D eigenvalue weighted by Gasteiger charge is 2.19. The van der Waals surface area contributed by atoms with Crippen molar-refractivity contribution in [3.05, 3.63) is 29.8 Å². The summed E-state index contributed by atoms with van der Waals surface area (Å²) in [6, 6.07) is 10.2. The van der Waals surface area contributed by atoms with Crippen molar-refractivity contribution < 1.29 is 0 Å². The molecule has 1 aromatic carbocycles. The fourth-order valence-corrected chi connectivity index (χ4v) is 2.67. The third kappa shape index (κ3) is 2.81. The SMILES string of the molecule is CNC(C)c1ccc(N(C)C2CCCC2)cc1. The van der Waals surface area contributed by atoms with Gasteiger partial charge >= 0.3 is 0 Å². The Hall–Kier alpha value is -1.02. The Morgan fingerprint density at radius 1 is 1.18 bits per heavy atom. The highest BCUT2D eigenvalue weighted by atomic mass is 15.1. The predicted molar refractivity (Wildman–Crippen MR) is 74.6 cm³/mol. The second-order valence-electron chi connectivity index (χ2n) is 5.15. The van der Waals surface area contributed by atoms with Crippen molar-refractivity contribution >= 4 is 5.69 Å². The van der Waals surface area contributed by atoms with Gasteiger partial charge in [0.05, 0.1) is 0 Å². The minimum Gasteiger partial charge on any atom is -0.372 e. The zero-order valence-corrected chi connectivity index (χ0v) is 11.2. The van der Waals surface area contributed by atoms with Crippen molar-refractivity contribution in [3.8, 4) is 0 Å². The quantitative estimate of drug-likeness (QED) is 0.856. The molecule has 2 heteroatoms. The molecule has 0 aromatic heterocycles. The Balaban J connectivity index is 2.06. The number of nitrogens with one attached hydrogen (secondary N) is 1. The van der Waals surface area contributed by atoms with Crippen LogP contribution in [0.15, 0.2) is 24.3 Å². The summed E-state index contributed by atoms with van der Waals surface area (Å²) >= 11 is 0. The fourth-order valence-electron chi connectivity index (χ4n) is 2.67. The molecule has 2 nitrogen and oxygen atoms in total. The molecule has 0 aliphatic heterocycles. The molecule has 2 rings (SSSR count). The van der Waals surface area contributed by atoms with Crippen LogP contribution in [0.25, 0.3) is 0 Å². The third-order valence-corrected chi connectivity index (χ3v) is 4.11. The van der Waals surface area contributed by atoms with Crippen LogP contribution in [0.1, 0.15) is 44.2 Å². The standard InChI is InChI=1S/C15H24N2/c1-12(16-2)13-8-10-15(11-9-13)17(3)14-6-4-5-7-14/h8-12,14,16H,4-7H2,1-3H3. The van der Waals surface area contributed by atoms with Crippen molar-refractivity contribution in [2.24, 2.45) is 0 Å². The largest absolute Gasteiger partial charge is 0.372 e. The minimum absolute atomic E-state index is 0.431. The molecular weight excluding hydrogens is 208 g/mol. The zero-order chi connectivity index (χ0) is 12.3. The molecule has 1 aliphatic carbocycles. The third-order valence-electron chi connectivity index (χ3n) is 4.11. The first-order valence-electron chi connectivity index (χ1n) is 6.72. The van der Waals surface area contributed by atoms with Gasteiger partial charge in [-0.3, -0.25) is 0 Å². The molecule has 1 saturated carbocycles. The Labute approximate surface area is 105 Å². The summed E-state index contributed by atoms with van der Waals surface area (Å²) in [5, 5.41) is 3.27. The summed E-state index contributed by atoms with van der Waals surface area (Å²) in [6.07, 6.45) is 5.49. The van der Waals surface area contributed by atoms with Gasteiger partial charge in [0, 0.05) is 24.8 Å². The van der Waals surface area contributed by atoms with E-state index in [1.165, 1.54) is 36.9 Å². The summed E-state index contributed by atoms with van der Waals surface area (Å²) in [7, 11) is 4.23. The van der Waals surface area contributed by atoms with E-state index in [9.17, 15) is 0 Å². The fraction of sp³-hybridized carbons (Fsp3) is 0.600. The van der Waals surface area contributed by atoms with Crippen molar-refractivity contribution in [2.45, 2.75) is 44.7 Å². The van der Waals surface area contributed by atoms with E-state index in [1.807, 2.05) is 7.05 Å². The molecule has 0 heterocycles. The lowest BCUT2D eigenvalue weighted by Crippen LogP contribution is -2.28. The maximum Gasteiger partial charge on any atom is 0.0366 e. The lowest BCUT2D eigenvalue weighted by molar-refractivity contribution is 0.646. The van der Waals surface area contributed by atoms with Gasteiger partial charge in [0.25, 0.3) is 0 Å².